The summed E-state index contributed by atoms with van der Waals surface area (Å²) in [4.78, 5) is 14.3. The average Bonchev–Trinajstić information content (AvgIpc) is 2.26. The topological polar surface area (TPSA) is 64.0 Å². The predicted octanol–water partition coefficient (Wildman–Crippen LogP) is -1.50. The molecule has 0 aromatic rings. The quantitative estimate of drug-likeness (QED) is 0.533. The maximum Gasteiger partial charge on any atom is 0.209 e. The summed E-state index contributed by atoms with van der Waals surface area (Å²) in [7, 11) is 0. The van der Waals surface area contributed by atoms with Gasteiger partial charge >= 0.3 is 0 Å². The van der Waals surface area contributed by atoms with Crippen LogP contribution in [-0.4, -0.2) is 71.9 Å². The smallest absolute Gasteiger partial charge is 0.209 e. The normalized spacial score (nSPS) is 20.9. The fourth-order valence-corrected chi connectivity index (χ4v) is 1.75. The Balaban J connectivity index is 2.34. The van der Waals surface area contributed by atoms with E-state index in [9.17, 15) is 4.79 Å². The lowest BCUT2D eigenvalue weighted by atomic mass is 10.1. The van der Waals surface area contributed by atoms with Crippen molar-refractivity contribution in [1.82, 2.24) is 9.80 Å². The van der Waals surface area contributed by atoms with Crippen LogP contribution in [0.2, 0.25) is 0 Å². The molecule has 0 bridgehead atoms. The Morgan fingerprint density at radius 3 is 2.29 bits per heavy atom. The van der Waals surface area contributed by atoms with E-state index in [1.807, 2.05) is 0 Å². The molecule has 1 fully saturated rings. The van der Waals surface area contributed by atoms with Crippen molar-refractivity contribution in [3.05, 3.63) is 0 Å². The van der Waals surface area contributed by atoms with E-state index in [1.165, 1.54) is 0 Å². The van der Waals surface area contributed by atoms with Crippen LogP contribution in [0.5, 0.6) is 0 Å². The van der Waals surface area contributed by atoms with Crippen molar-refractivity contribution in [2.24, 2.45) is 0 Å². The van der Waals surface area contributed by atoms with Gasteiger partial charge in [-0.3, -0.25) is 9.69 Å². The number of hydrogen-bond acceptors (Lipinski definition) is 4. The molecule has 1 aliphatic rings. The number of nitrogens with zero attached hydrogens (tertiary/aromatic N) is 2. The van der Waals surface area contributed by atoms with Gasteiger partial charge in [0.1, 0.15) is 0 Å². The van der Waals surface area contributed by atoms with Gasteiger partial charge in [0, 0.05) is 38.8 Å². The largest absolute Gasteiger partial charge is 0.396 e. The number of piperazine rings is 1. The summed E-state index contributed by atoms with van der Waals surface area (Å²) in [6.45, 7) is 3.16. The third-order valence-electron chi connectivity index (χ3n) is 2.69. The van der Waals surface area contributed by atoms with Gasteiger partial charge in [0.05, 0.1) is 6.61 Å². The van der Waals surface area contributed by atoms with E-state index in [-0.39, 0.29) is 19.3 Å². The van der Waals surface area contributed by atoms with Gasteiger partial charge in [-0.25, -0.2) is 0 Å². The molecule has 0 radical (unpaired) electrons. The summed E-state index contributed by atoms with van der Waals surface area (Å²) < 4.78 is 0. The van der Waals surface area contributed by atoms with Crippen LogP contribution >= 0.6 is 0 Å². The van der Waals surface area contributed by atoms with Crippen LogP contribution in [-0.2, 0) is 4.79 Å². The zero-order valence-corrected chi connectivity index (χ0v) is 8.30. The highest BCUT2D eigenvalue weighted by Crippen LogP contribution is 2.07. The molecule has 5 nitrogen and oxygen atoms in total. The highest BCUT2D eigenvalue weighted by atomic mass is 16.3. The fourth-order valence-electron chi connectivity index (χ4n) is 1.75. The van der Waals surface area contributed by atoms with Crippen LogP contribution in [0, 0.1) is 0 Å². The molecule has 1 aliphatic heterocycles. The highest BCUT2D eigenvalue weighted by molar-refractivity contribution is 5.47. The van der Waals surface area contributed by atoms with Gasteiger partial charge in [-0.15, -0.1) is 0 Å². The summed E-state index contributed by atoms with van der Waals surface area (Å²) in [5.41, 5.74) is 0. The fraction of sp³-hybridized carbons (Fsp3) is 0.889. The Morgan fingerprint density at radius 1 is 1.21 bits per heavy atom. The molecule has 0 saturated carbocycles. The van der Waals surface area contributed by atoms with Crippen molar-refractivity contribution >= 4 is 6.41 Å². The zero-order chi connectivity index (χ0) is 10.4. The molecule has 14 heavy (non-hydrogen) atoms. The number of carbonyl (C=O) groups excluding carboxylic acids is 1. The molecule has 1 heterocycles. The van der Waals surface area contributed by atoms with Crippen molar-refractivity contribution in [2.75, 3.05) is 39.4 Å². The maximum absolute atomic E-state index is 10.4. The van der Waals surface area contributed by atoms with Gasteiger partial charge in [0.15, 0.2) is 0 Å². The Bertz CT molecular complexity index is 169. The molecule has 1 rings (SSSR count). The first-order valence-corrected chi connectivity index (χ1v) is 4.97. The van der Waals surface area contributed by atoms with Gasteiger partial charge in [-0.2, -0.15) is 0 Å². The van der Waals surface area contributed by atoms with Crippen LogP contribution in [0.15, 0.2) is 0 Å². The summed E-state index contributed by atoms with van der Waals surface area (Å²) in [6, 6.07) is 0.0359. The van der Waals surface area contributed by atoms with E-state index in [1.54, 1.807) is 4.90 Å². The van der Waals surface area contributed by atoms with Crippen LogP contribution in [0.3, 0.4) is 0 Å². The second-order valence-electron chi connectivity index (χ2n) is 3.53. The molecule has 0 spiro atoms. The van der Waals surface area contributed by atoms with Crippen LogP contribution in [0.25, 0.3) is 0 Å². The number of aliphatic hydroxyl groups is 2. The van der Waals surface area contributed by atoms with Crippen molar-refractivity contribution in [2.45, 2.75) is 12.5 Å². The molecule has 1 amide bonds. The van der Waals surface area contributed by atoms with Gasteiger partial charge in [0.2, 0.25) is 6.41 Å². The van der Waals surface area contributed by atoms with E-state index in [0.29, 0.717) is 19.5 Å². The van der Waals surface area contributed by atoms with Crippen LogP contribution in [0.4, 0.5) is 0 Å². The second kappa shape index (κ2) is 5.95. The van der Waals surface area contributed by atoms with Gasteiger partial charge in [0.25, 0.3) is 0 Å². The summed E-state index contributed by atoms with van der Waals surface area (Å²) in [5.74, 6) is 0. The molecule has 1 unspecified atom stereocenters. The Labute approximate surface area is 83.9 Å². The average molecular weight is 202 g/mol. The monoisotopic (exact) mass is 202 g/mol. The first kappa shape index (κ1) is 11.4. The lowest BCUT2D eigenvalue weighted by Crippen LogP contribution is -2.51. The molecule has 82 valence electrons. The van der Waals surface area contributed by atoms with Crippen LogP contribution in [0.1, 0.15) is 6.42 Å². The number of carbonyl (C=O) groups is 1. The number of amides is 1. The SMILES string of the molecule is O=CN1CCN(C(CO)CCO)CC1. The molecule has 0 aliphatic carbocycles. The van der Waals surface area contributed by atoms with Crippen molar-refractivity contribution < 1.29 is 15.0 Å². The van der Waals surface area contributed by atoms with E-state index in [2.05, 4.69) is 4.90 Å². The van der Waals surface area contributed by atoms with E-state index in [0.717, 1.165) is 19.5 Å². The lowest BCUT2D eigenvalue weighted by Gasteiger charge is -2.37. The molecule has 1 atom stereocenters. The summed E-state index contributed by atoms with van der Waals surface area (Å²) >= 11 is 0. The Kier molecular flexibility index (Phi) is 4.86. The number of aliphatic hydroxyl groups excluding tert-OH is 2. The van der Waals surface area contributed by atoms with E-state index >= 15 is 0 Å². The van der Waals surface area contributed by atoms with E-state index in [4.69, 9.17) is 10.2 Å². The molecular formula is C9H18N2O3. The third-order valence-corrected chi connectivity index (χ3v) is 2.69. The second-order valence-corrected chi connectivity index (χ2v) is 3.53. The third kappa shape index (κ3) is 2.94. The lowest BCUT2D eigenvalue weighted by molar-refractivity contribution is -0.120. The first-order valence-electron chi connectivity index (χ1n) is 4.97. The molecule has 5 heteroatoms. The van der Waals surface area contributed by atoms with Gasteiger partial charge < -0.3 is 15.1 Å². The minimum absolute atomic E-state index is 0.0359. The first-order chi connectivity index (χ1) is 6.81. The predicted molar refractivity (Wildman–Crippen MR) is 51.8 cm³/mol. The Morgan fingerprint density at radius 2 is 1.86 bits per heavy atom. The molecule has 1 saturated heterocycles. The van der Waals surface area contributed by atoms with Gasteiger partial charge in [-0.1, -0.05) is 0 Å². The van der Waals surface area contributed by atoms with Crippen LogP contribution < -0.4 is 0 Å². The van der Waals surface area contributed by atoms with Crippen molar-refractivity contribution in [3.8, 4) is 0 Å². The molecular weight excluding hydrogens is 184 g/mol. The van der Waals surface area contributed by atoms with Crippen molar-refractivity contribution in [3.63, 3.8) is 0 Å². The number of rotatable bonds is 5. The molecule has 0 aromatic carbocycles. The number of hydrogen-bond donors (Lipinski definition) is 2. The zero-order valence-electron chi connectivity index (χ0n) is 8.30. The van der Waals surface area contributed by atoms with E-state index < -0.39 is 0 Å². The summed E-state index contributed by atoms with van der Waals surface area (Å²) in [5, 5.41) is 17.9. The van der Waals surface area contributed by atoms with Gasteiger partial charge in [-0.05, 0) is 6.42 Å². The molecule has 0 aromatic heterocycles. The minimum atomic E-state index is 0.0359. The standard InChI is InChI=1S/C9H18N2O3/c12-6-1-9(7-13)11-4-2-10(8-14)3-5-11/h8-9,12-13H,1-7H2. The highest BCUT2D eigenvalue weighted by Gasteiger charge is 2.21. The maximum atomic E-state index is 10.4. The summed E-state index contributed by atoms with van der Waals surface area (Å²) in [6.07, 6.45) is 1.45. The Hall–Kier alpha value is -0.650. The van der Waals surface area contributed by atoms with Crippen molar-refractivity contribution in [1.29, 1.82) is 0 Å². The minimum Gasteiger partial charge on any atom is -0.396 e. The molecule has 2 N–H and O–H groups in total.